The number of carboxylic acid groups (broad SMARTS) is 1. The van der Waals surface area contributed by atoms with Gasteiger partial charge in [0.05, 0.1) is 6.61 Å². The molecule has 1 heterocycles. The van der Waals surface area contributed by atoms with Crippen LogP contribution in [0.15, 0.2) is 42.5 Å². The zero-order chi connectivity index (χ0) is 15.4. The molecule has 0 spiro atoms. The Morgan fingerprint density at radius 3 is 2.86 bits per heavy atom. The van der Waals surface area contributed by atoms with E-state index in [0.29, 0.717) is 6.61 Å². The van der Waals surface area contributed by atoms with E-state index in [1.54, 1.807) is 0 Å². The van der Waals surface area contributed by atoms with Crippen molar-refractivity contribution in [2.45, 2.75) is 25.3 Å². The van der Waals surface area contributed by atoms with Crippen LogP contribution in [0.1, 0.15) is 19.3 Å². The zero-order valence-corrected chi connectivity index (χ0v) is 12.6. The van der Waals surface area contributed by atoms with Crippen molar-refractivity contribution in [3.63, 3.8) is 0 Å². The maximum absolute atomic E-state index is 11.1. The van der Waals surface area contributed by atoms with E-state index in [-0.39, 0.29) is 6.04 Å². The van der Waals surface area contributed by atoms with Crippen molar-refractivity contribution in [1.29, 1.82) is 0 Å². The maximum atomic E-state index is 11.1. The predicted molar refractivity (Wildman–Crippen MR) is 86.3 cm³/mol. The molecule has 1 N–H and O–H groups in total. The quantitative estimate of drug-likeness (QED) is 0.832. The van der Waals surface area contributed by atoms with E-state index >= 15 is 0 Å². The second-order valence-corrected chi connectivity index (χ2v) is 5.74. The summed E-state index contributed by atoms with van der Waals surface area (Å²) in [5.41, 5.74) is 0. The van der Waals surface area contributed by atoms with Crippen LogP contribution in [0.4, 0.5) is 0 Å². The topological polar surface area (TPSA) is 49.8 Å². The number of likely N-dealkylation sites (tertiary alicyclic amines) is 1. The Balaban J connectivity index is 1.49. The minimum Gasteiger partial charge on any atom is -0.494 e. The Labute approximate surface area is 130 Å². The third kappa shape index (κ3) is 3.39. The Morgan fingerprint density at radius 1 is 1.23 bits per heavy atom. The third-order valence-electron chi connectivity index (χ3n) is 4.23. The highest BCUT2D eigenvalue weighted by molar-refractivity contribution is 5.83. The number of hydrogen-bond donors (Lipinski definition) is 1. The molecule has 1 aliphatic heterocycles. The van der Waals surface area contributed by atoms with Gasteiger partial charge in [0, 0.05) is 6.54 Å². The van der Waals surface area contributed by atoms with Crippen molar-refractivity contribution in [2.75, 3.05) is 19.7 Å². The number of fused-ring (bicyclic) bond motifs is 1. The van der Waals surface area contributed by atoms with Gasteiger partial charge in [-0.2, -0.15) is 0 Å². The Hall–Kier alpha value is -2.07. The van der Waals surface area contributed by atoms with Crippen LogP contribution in [-0.4, -0.2) is 41.7 Å². The van der Waals surface area contributed by atoms with E-state index in [9.17, 15) is 4.79 Å². The van der Waals surface area contributed by atoms with Crippen LogP contribution in [-0.2, 0) is 4.79 Å². The zero-order valence-electron chi connectivity index (χ0n) is 12.6. The molecule has 22 heavy (non-hydrogen) atoms. The summed E-state index contributed by atoms with van der Waals surface area (Å²) in [4.78, 5) is 13.2. The van der Waals surface area contributed by atoms with Gasteiger partial charge in [0.1, 0.15) is 11.8 Å². The lowest BCUT2D eigenvalue weighted by atomic mass is 10.1. The van der Waals surface area contributed by atoms with Crippen molar-refractivity contribution >= 4 is 16.7 Å². The summed E-state index contributed by atoms with van der Waals surface area (Å²) >= 11 is 0. The van der Waals surface area contributed by atoms with E-state index in [2.05, 4.69) is 18.2 Å². The lowest BCUT2D eigenvalue weighted by molar-refractivity contribution is -0.142. The molecule has 116 valence electrons. The molecule has 4 nitrogen and oxygen atoms in total. The molecule has 0 aliphatic carbocycles. The van der Waals surface area contributed by atoms with Gasteiger partial charge in [0.2, 0.25) is 0 Å². The molecule has 2 aromatic rings. The van der Waals surface area contributed by atoms with Gasteiger partial charge in [-0.3, -0.25) is 9.69 Å². The molecule has 1 atom stereocenters. The molecular weight excluding hydrogens is 278 g/mol. The van der Waals surface area contributed by atoms with Gasteiger partial charge in [-0.05, 0) is 48.7 Å². The lowest BCUT2D eigenvalue weighted by Crippen LogP contribution is -2.36. The number of benzene rings is 2. The summed E-state index contributed by atoms with van der Waals surface area (Å²) in [6, 6.07) is 14.0. The molecule has 1 fully saturated rings. The highest BCUT2D eigenvalue weighted by atomic mass is 16.5. The smallest absolute Gasteiger partial charge is 0.320 e. The standard InChI is InChI=1S/C18H21NO3/c20-18(21)17-7-3-10-19(17)11-4-12-22-16-9-8-14-5-1-2-6-15(14)13-16/h1-2,5-6,8-9,13,17H,3-4,7,10-12H2,(H,20,21)/t17-/m0/s1. The Kier molecular flexibility index (Phi) is 4.59. The highest BCUT2D eigenvalue weighted by Gasteiger charge is 2.29. The first kappa shape index (κ1) is 14.9. The van der Waals surface area contributed by atoms with Crippen molar-refractivity contribution < 1.29 is 14.6 Å². The largest absolute Gasteiger partial charge is 0.494 e. The van der Waals surface area contributed by atoms with Crippen LogP contribution in [0.25, 0.3) is 10.8 Å². The number of rotatable bonds is 6. The van der Waals surface area contributed by atoms with Gasteiger partial charge in [0.15, 0.2) is 0 Å². The summed E-state index contributed by atoms with van der Waals surface area (Å²) in [5, 5.41) is 11.5. The van der Waals surface area contributed by atoms with E-state index < -0.39 is 5.97 Å². The number of aliphatic carboxylic acids is 1. The van der Waals surface area contributed by atoms with Crippen LogP contribution in [0.2, 0.25) is 0 Å². The average Bonchev–Trinajstić information content (AvgIpc) is 3.00. The second-order valence-electron chi connectivity index (χ2n) is 5.74. The maximum Gasteiger partial charge on any atom is 0.320 e. The van der Waals surface area contributed by atoms with E-state index in [1.807, 2.05) is 29.2 Å². The molecule has 2 aromatic carbocycles. The SMILES string of the molecule is O=C(O)[C@@H]1CCCN1CCCOc1ccc2ccccc2c1. The fourth-order valence-corrected chi connectivity index (χ4v) is 3.09. The average molecular weight is 299 g/mol. The molecule has 0 amide bonds. The number of hydrogen-bond acceptors (Lipinski definition) is 3. The lowest BCUT2D eigenvalue weighted by Gasteiger charge is -2.20. The molecule has 0 saturated carbocycles. The van der Waals surface area contributed by atoms with Crippen molar-refractivity contribution in [3.05, 3.63) is 42.5 Å². The molecule has 3 rings (SSSR count). The van der Waals surface area contributed by atoms with Crippen LogP contribution in [0.5, 0.6) is 5.75 Å². The van der Waals surface area contributed by atoms with Crippen LogP contribution in [0, 0.1) is 0 Å². The van der Waals surface area contributed by atoms with E-state index in [4.69, 9.17) is 9.84 Å². The molecule has 0 radical (unpaired) electrons. The first-order valence-corrected chi connectivity index (χ1v) is 7.82. The monoisotopic (exact) mass is 299 g/mol. The molecule has 1 saturated heterocycles. The molecule has 4 heteroatoms. The van der Waals surface area contributed by atoms with Crippen LogP contribution >= 0.6 is 0 Å². The number of ether oxygens (including phenoxy) is 1. The third-order valence-corrected chi connectivity index (χ3v) is 4.23. The van der Waals surface area contributed by atoms with Gasteiger partial charge in [-0.15, -0.1) is 0 Å². The normalized spacial score (nSPS) is 18.6. The van der Waals surface area contributed by atoms with Crippen molar-refractivity contribution in [3.8, 4) is 5.75 Å². The fraction of sp³-hybridized carbons (Fsp3) is 0.389. The summed E-state index contributed by atoms with van der Waals surface area (Å²) in [6.45, 7) is 2.28. The summed E-state index contributed by atoms with van der Waals surface area (Å²) < 4.78 is 5.80. The molecule has 0 aromatic heterocycles. The van der Waals surface area contributed by atoms with Crippen LogP contribution in [0.3, 0.4) is 0 Å². The van der Waals surface area contributed by atoms with Gasteiger partial charge in [0.25, 0.3) is 0 Å². The van der Waals surface area contributed by atoms with E-state index in [0.717, 1.165) is 38.1 Å². The van der Waals surface area contributed by atoms with Gasteiger partial charge >= 0.3 is 5.97 Å². The van der Waals surface area contributed by atoms with Gasteiger partial charge in [-0.25, -0.2) is 0 Å². The van der Waals surface area contributed by atoms with Gasteiger partial charge < -0.3 is 9.84 Å². The van der Waals surface area contributed by atoms with Crippen molar-refractivity contribution in [2.24, 2.45) is 0 Å². The number of carboxylic acids is 1. The highest BCUT2D eigenvalue weighted by Crippen LogP contribution is 2.21. The van der Waals surface area contributed by atoms with E-state index in [1.165, 1.54) is 10.8 Å². The summed E-state index contributed by atoms with van der Waals surface area (Å²) in [5.74, 6) is 0.169. The first-order chi connectivity index (χ1) is 10.7. The Bertz CT molecular complexity index is 656. The predicted octanol–water partition coefficient (Wildman–Crippen LogP) is 3.16. The molecule has 1 aliphatic rings. The van der Waals surface area contributed by atoms with Crippen molar-refractivity contribution in [1.82, 2.24) is 4.90 Å². The second kappa shape index (κ2) is 6.79. The minimum absolute atomic E-state index is 0.305. The minimum atomic E-state index is -0.701. The summed E-state index contributed by atoms with van der Waals surface area (Å²) in [7, 11) is 0. The number of carbonyl (C=O) groups is 1. The van der Waals surface area contributed by atoms with Gasteiger partial charge in [-0.1, -0.05) is 30.3 Å². The van der Waals surface area contributed by atoms with Crippen LogP contribution < -0.4 is 4.74 Å². The summed E-state index contributed by atoms with van der Waals surface area (Å²) in [6.07, 6.45) is 2.58. The Morgan fingerprint density at radius 2 is 2.05 bits per heavy atom. The first-order valence-electron chi connectivity index (χ1n) is 7.82. The fourth-order valence-electron chi connectivity index (χ4n) is 3.09. The molecular formula is C18H21NO3. The molecule has 0 unspecified atom stereocenters. The number of nitrogens with zero attached hydrogens (tertiary/aromatic N) is 1. The molecule has 0 bridgehead atoms.